The fraction of sp³-hybridized carbons (Fsp3) is 0.647. The topological polar surface area (TPSA) is 29.3 Å². The van der Waals surface area contributed by atoms with E-state index >= 15 is 0 Å². The molecule has 1 aliphatic heterocycles. The van der Waals surface area contributed by atoms with Crippen LogP contribution in [0.1, 0.15) is 48.8 Å². The molecule has 1 saturated heterocycles. The second-order valence-electron chi connectivity index (χ2n) is 6.15. The summed E-state index contributed by atoms with van der Waals surface area (Å²) in [6.07, 6.45) is 3.68. The highest BCUT2D eigenvalue weighted by atomic mass is 15.1. The highest BCUT2D eigenvalue weighted by Crippen LogP contribution is 2.28. The summed E-state index contributed by atoms with van der Waals surface area (Å²) in [4.78, 5) is 2.55. The molecule has 0 aliphatic carbocycles. The van der Waals surface area contributed by atoms with Crippen LogP contribution in [0.4, 0.5) is 0 Å². The lowest BCUT2D eigenvalue weighted by Gasteiger charge is -2.36. The molecule has 1 aromatic rings. The number of piperidine rings is 1. The van der Waals surface area contributed by atoms with Crippen LogP contribution in [0.5, 0.6) is 0 Å². The molecule has 2 heteroatoms. The number of aryl methyl sites for hydroxylation is 2. The molecule has 2 atom stereocenters. The normalized spacial score (nSPS) is 24.6. The van der Waals surface area contributed by atoms with Crippen molar-refractivity contribution in [2.75, 3.05) is 19.6 Å². The number of likely N-dealkylation sites (tertiary alicyclic amines) is 1. The number of nitrogens with zero attached hydrogens (tertiary/aromatic N) is 1. The van der Waals surface area contributed by atoms with E-state index in [1.165, 1.54) is 42.6 Å². The zero-order chi connectivity index (χ0) is 13.8. The van der Waals surface area contributed by atoms with Gasteiger partial charge in [-0.2, -0.15) is 0 Å². The first-order chi connectivity index (χ1) is 9.10. The molecule has 1 heterocycles. The minimum Gasteiger partial charge on any atom is -0.327 e. The Morgan fingerprint density at radius 3 is 2.68 bits per heavy atom. The van der Waals surface area contributed by atoms with Gasteiger partial charge in [0.25, 0.3) is 0 Å². The van der Waals surface area contributed by atoms with Crippen molar-refractivity contribution in [2.24, 2.45) is 5.73 Å². The van der Waals surface area contributed by atoms with E-state index in [-0.39, 0.29) is 0 Å². The molecule has 2 unspecified atom stereocenters. The summed E-state index contributed by atoms with van der Waals surface area (Å²) < 4.78 is 0. The zero-order valence-electron chi connectivity index (χ0n) is 12.7. The lowest BCUT2D eigenvalue weighted by atomic mass is 9.87. The van der Waals surface area contributed by atoms with Gasteiger partial charge in [-0.1, -0.05) is 31.5 Å². The van der Waals surface area contributed by atoms with Crippen molar-refractivity contribution in [3.63, 3.8) is 0 Å². The van der Waals surface area contributed by atoms with Crippen LogP contribution in [0, 0.1) is 13.8 Å². The van der Waals surface area contributed by atoms with Gasteiger partial charge in [-0.05, 0) is 55.8 Å². The summed E-state index contributed by atoms with van der Waals surface area (Å²) in [6.45, 7) is 10.1. The number of hydrogen-bond donors (Lipinski definition) is 1. The molecule has 0 bridgehead atoms. The zero-order valence-corrected chi connectivity index (χ0v) is 12.7. The third kappa shape index (κ3) is 3.80. The Labute approximate surface area is 118 Å². The van der Waals surface area contributed by atoms with Gasteiger partial charge in [0.2, 0.25) is 0 Å². The van der Waals surface area contributed by atoms with E-state index < -0.39 is 0 Å². The van der Waals surface area contributed by atoms with E-state index in [2.05, 4.69) is 43.9 Å². The summed E-state index contributed by atoms with van der Waals surface area (Å²) in [6, 6.07) is 7.23. The predicted octanol–water partition coefficient (Wildman–Crippen LogP) is 3.22. The van der Waals surface area contributed by atoms with Crippen LogP contribution in [0.3, 0.4) is 0 Å². The van der Waals surface area contributed by atoms with Gasteiger partial charge in [0.05, 0.1) is 0 Å². The van der Waals surface area contributed by atoms with E-state index in [1.807, 2.05) is 0 Å². The summed E-state index contributed by atoms with van der Waals surface area (Å²) in [5, 5.41) is 0. The van der Waals surface area contributed by atoms with Gasteiger partial charge in [0.15, 0.2) is 0 Å². The van der Waals surface area contributed by atoms with Crippen LogP contribution in [0.25, 0.3) is 0 Å². The Hall–Kier alpha value is -0.860. The summed E-state index contributed by atoms with van der Waals surface area (Å²) in [5.74, 6) is 0.611. The molecular weight excluding hydrogens is 232 g/mol. The lowest BCUT2D eigenvalue weighted by molar-refractivity contribution is 0.186. The Balaban J connectivity index is 2.07. The smallest absolute Gasteiger partial charge is 0.0174 e. The van der Waals surface area contributed by atoms with Gasteiger partial charge >= 0.3 is 0 Å². The van der Waals surface area contributed by atoms with E-state index in [4.69, 9.17) is 5.73 Å². The molecule has 0 aromatic heterocycles. The molecule has 19 heavy (non-hydrogen) atoms. The minimum atomic E-state index is 0.331. The first-order valence-corrected chi connectivity index (χ1v) is 7.65. The van der Waals surface area contributed by atoms with Crippen LogP contribution in [0.2, 0.25) is 0 Å². The van der Waals surface area contributed by atoms with Gasteiger partial charge in [0.1, 0.15) is 0 Å². The molecule has 0 amide bonds. The standard InChI is InChI=1S/C17H28N2/c1-4-5-8-19-11-16(10-17(18)12-19)15-7-6-13(2)14(3)9-15/h6-7,9,16-17H,4-5,8,10-12,18H2,1-3H3. The highest BCUT2D eigenvalue weighted by molar-refractivity contribution is 5.32. The van der Waals surface area contributed by atoms with Crippen molar-refractivity contribution in [3.8, 4) is 0 Å². The first kappa shape index (κ1) is 14.5. The van der Waals surface area contributed by atoms with Crippen LogP contribution >= 0.6 is 0 Å². The number of nitrogens with two attached hydrogens (primary N) is 1. The molecule has 2 nitrogen and oxygen atoms in total. The summed E-state index contributed by atoms with van der Waals surface area (Å²) in [5.41, 5.74) is 10.5. The molecule has 106 valence electrons. The van der Waals surface area contributed by atoms with Crippen molar-refractivity contribution in [1.82, 2.24) is 4.90 Å². The van der Waals surface area contributed by atoms with Crippen molar-refractivity contribution in [3.05, 3.63) is 34.9 Å². The first-order valence-electron chi connectivity index (χ1n) is 7.65. The molecule has 1 aromatic carbocycles. The maximum atomic E-state index is 6.25. The van der Waals surface area contributed by atoms with Gasteiger partial charge in [-0.3, -0.25) is 0 Å². The molecule has 1 fully saturated rings. The monoisotopic (exact) mass is 260 g/mol. The van der Waals surface area contributed by atoms with E-state index in [0.29, 0.717) is 12.0 Å². The van der Waals surface area contributed by atoms with Crippen molar-refractivity contribution in [1.29, 1.82) is 0 Å². The van der Waals surface area contributed by atoms with Crippen LogP contribution in [0.15, 0.2) is 18.2 Å². The third-order valence-corrected chi connectivity index (χ3v) is 4.39. The average molecular weight is 260 g/mol. The molecule has 0 spiro atoms. The Morgan fingerprint density at radius 1 is 1.21 bits per heavy atom. The number of unbranched alkanes of at least 4 members (excludes halogenated alkanes) is 1. The predicted molar refractivity (Wildman–Crippen MR) is 82.6 cm³/mol. The molecule has 1 aliphatic rings. The van der Waals surface area contributed by atoms with Gasteiger partial charge in [-0.15, -0.1) is 0 Å². The fourth-order valence-electron chi connectivity index (χ4n) is 3.06. The third-order valence-electron chi connectivity index (χ3n) is 4.39. The quantitative estimate of drug-likeness (QED) is 0.900. The second-order valence-corrected chi connectivity index (χ2v) is 6.15. The van der Waals surface area contributed by atoms with E-state index in [9.17, 15) is 0 Å². The number of hydrogen-bond acceptors (Lipinski definition) is 2. The van der Waals surface area contributed by atoms with Crippen molar-refractivity contribution >= 4 is 0 Å². The molecule has 0 saturated carbocycles. The van der Waals surface area contributed by atoms with Crippen molar-refractivity contribution < 1.29 is 0 Å². The molecule has 0 radical (unpaired) electrons. The van der Waals surface area contributed by atoms with Crippen LogP contribution < -0.4 is 5.73 Å². The average Bonchev–Trinajstić information content (AvgIpc) is 2.39. The summed E-state index contributed by atoms with van der Waals surface area (Å²) in [7, 11) is 0. The molecular formula is C17H28N2. The Bertz CT molecular complexity index is 414. The SMILES string of the molecule is CCCCN1CC(N)CC(c2ccc(C)c(C)c2)C1. The highest BCUT2D eigenvalue weighted by Gasteiger charge is 2.25. The largest absolute Gasteiger partial charge is 0.327 e. The van der Waals surface area contributed by atoms with Crippen LogP contribution in [-0.2, 0) is 0 Å². The van der Waals surface area contributed by atoms with Crippen molar-refractivity contribution in [2.45, 2.75) is 52.0 Å². The van der Waals surface area contributed by atoms with Gasteiger partial charge in [-0.25, -0.2) is 0 Å². The van der Waals surface area contributed by atoms with Crippen LogP contribution in [-0.4, -0.2) is 30.6 Å². The molecule has 2 N–H and O–H groups in total. The number of rotatable bonds is 4. The second kappa shape index (κ2) is 6.53. The van der Waals surface area contributed by atoms with E-state index in [0.717, 1.165) is 13.0 Å². The molecule has 2 rings (SSSR count). The fourth-order valence-corrected chi connectivity index (χ4v) is 3.06. The van der Waals surface area contributed by atoms with Gasteiger partial charge < -0.3 is 10.6 Å². The Kier molecular flexibility index (Phi) is 5.00. The lowest BCUT2D eigenvalue weighted by Crippen LogP contribution is -2.46. The summed E-state index contributed by atoms with van der Waals surface area (Å²) >= 11 is 0. The number of benzene rings is 1. The van der Waals surface area contributed by atoms with E-state index in [1.54, 1.807) is 0 Å². The Morgan fingerprint density at radius 2 is 2.00 bits per heavy atom. The van der Waals surface area contributed by atoms with Gasteiger partial charge in [0, 0.05) is 19.1 Å². The maximum Gasteiger partial charge on any atom is 0.0174 e. The maximum absolute atomic E-state index is 6.25. The minimum absolute atomic E-state index is 0.331.